The molecule has 2 aliphatic rings. The lowest BCUT2D eigenvalue weighted by Gasteiger charge is -2.35. The van der Waals surface area contributed by atoms with E-state index in [2.05, 4.69) is 40.5 Å². The number of rotatable bonds is 5. The SMILES string of the molecule is CC(=O)NC1CCCC1CN1CCCC(Cc2ccccc2)C1. The molecule has 1 saturated carbocycles. The van der Waals surface area contributed by atoms with Gasteiger partial charge in [-0.3, -0.25) is 4.79 Å². The minimum absolute atomic E-state index is 0.127. The summed E-state index contributed by atoms with van der Waals surface area (Å²) in [6.07, 6.45) is 7.56. The number of amides is 1. The Bertz CT molecular complexity index is 502. The second-order valence-electron chi connectivity index (χ2n) is 7.46. The quantitative estimate of drug-likeness (QED) is 0.905. The Hall–Kier alpha value is -1.35. The van der Waals surface area contributed by atoms with Crippen molar-refractivity contribution in [3.63, 3.8) is 0 Å². The minimum atomic E-state index is 0.127. The summed E-state index contributed by atoms with van der Waals surface area (Å²) < 4.78 is 0. The molecule has 3 unspecified atom stereocenters. The summed E-state index contributed by atoms with van der Waals surface area (Å²) >= 11 is 0. The highest BCUT2D eigenvalue weighted by molar-refractivity contribution is 5.73. The fraction of sp³-hybridized carbons (Fsp3) is 0.650. The first kappa shape index (κ1) is 16.5. The average molecular weight is 314 g/mol. The third kappa shape index (κ3) is 4.81. The summed E-state index contributed by atoms with van der Waals surface area (Å²) in [5, 5.41) is 3.17. The van der Waals surface area contributed by atoms with Gasteiger partial charge in [-0.1, -0.05) is 36.8 Å². The Labute approximate surface area is 140 Å². The molecule has 1 aliphatic heterocycles. The second kappa shape index (κ2) is 7.96. The first-order chi connectivity index (χ1) is 11.2. The molecule has 1 amide bonds. The number of nitrogens with zero attached hydrogens (tertiary/aromatic N) is 1. The van der Waals surface area contributed by atoms with E-state index in [0.29, 0.717) is 12.0 Å². The van der Waals surface area contributed by atoms with Crippen LogP contribution in [0.4, 0.5) is 0 Å². The predicted molar refractivity (Wildman–Crippen MR) is 94.3 cm³/mol. The van der Waals surface area contributed by atoms with Crippen molar-refractivity contribution in [1.29, 1.82) is 0 Å². The van der Waals surface area contributed by atoms with E-state index in [1.807, 2.05) is 0 Å². The first-order valence-corrected chi connectivity index (χ1v) is 9.24. The summed E-state index contributed by atoms with van der Waals surface area (Å²) in [5.74, 6) is 1.56. The molecule has 3 nitrogen and oxygen atoms in total. The van der Waals surface area contributed by atoms with Crippen LogP contribution in [0, 0.1) is 11.8 Å². The maximum atomic E-state index is 11.4. The molecular weight excluding hydrogens is 284 g/mol. The van der Waals surface area contributed by atoms with Crippen LogP contribution in [0.5, 0.6) is 0 Å². The van der Waals surface area contributed by atoms with E-state index in [1.165, 1.54) is 50.8 Å². The highest BCUT2D eigenvalue weighted by Crippen LogP contribution is 2.29. The van der Waals surface area contributed by atoms with Crippen LogP contribution in [0.25, 0.3) is 0 Å². The van der Waals surface area contributed by atoms with Gasteiger partial charge in [0, 0.05) is 26.1 Å². The molecule has 0 spiro atoms. The molecule has 1 saturated heterocycles. The van der Waals surface area contributed by atoms with Crippen molar-refractivity contribution < 1.29 is 4.79 Å². The molecule has 1 aromatic carbocycles. The molecule has 1 heterocycles. The van der Waals surface area contributed by atoms with Gasteiger partial charge < -0.3 is 10.2 Å². The van der Waals surface area contributed by atoms with Crippen LogP contribution in [0.3, 0.4) is 0 Å². The van der Waals surface area contributed by atoms with Gasteiger partial charge in [0.2, 0.25) is 5.91 Å². The lowest BCUT2D eigenvalue weighted by atomic mass is 9.90. The standard InChI is InChI=1S/C20H30N2O/c1-16(23)21-20-11-5-10-19(20)15-22-12-6-9-18(14-22)13-17-7-3-2-4-8-17/h2-4,7-8,18-20H,5-6,9-15H2,1H3,(H,21,23). The highest BCUT2D eigenvalue weighted by Gasteiger charge is 2.31. The van der Waals surface area contributed by atoms with Gasteiger partial charge in [-0.2, -0.15) is 0 Å². The first-order valence-electron chi connectivity index (χ1n) is 9.24. The van der Waals surface area contributed by atoms with Crippen LogP contribution in [0.2, 0.25) is 0 Å². The normalized spacial score (nSPS) is 28.7. The average Bonchev–Trinajstić information content (AvgIpc) is 2.95. The van der Waals surface area contributed by atoms with E-state index >= 15 is 0 Å². The van der Waals surface area contributed by atoms with Gasteiger partial charge in [0.05, 0.1) is 0 Å². The number of carbonyl (C=O) groups is 1. The Morgan fingerprint density at radius 2 is 2.00 bits per heavy atom. The van der Waals surface area contributed by atoms with Gasteiger partial charge in [-0.25, -0.2) is 0 Å². The molecule has 1 N–H and O–H groups in total. The zero-order valence-electron chi connectivity index (χ0n) is 14.3. The Morgan fingerprint density at radius 1 is 1.17 bits per heavy atom. The van der Waals surface area contributed by atoms with Crippen LogP contribution >= 0.6 is 0 Å². The van der Waals surface area contributed by atoms with Crippen LogP contribution in [-0.2, 0) is 11.2 Å². The van der Waals surface area contributed by atoms with Crippen molar-refractivity contribution in [3.8, 4) is 0 Å². The minimum Gasteiger partial charge on any atom is -0.353 e. The van der Waals surface area contributed by atoms with E-state index in [4.69, 9.17) is 0 Å². The van der Waals surface area contributed by atoms with E-state index in [1.54, 1.807) is 6.92 Å². The summed E-state index contributed by atoms with van der Waals surface area (Å²) in [4.78, 5) is 14.0. The number of likely N-dealkylation sites (tertiary alicyclic amines) is 1. The second-order valence-corrected chi connectivity index (χ2v) is 7.46. The number of nitrogens with one attached hydrogen (secondary N) is 1. The smallest absolute Gasteiger partial charge is 0.217 e. The monoisotopic (exact) mass is 314 g/mol. The molecule has 0 radical (unpaired) electrons. The lowest BCUT2D eigenvalue weighted by Crippen LogP contribution is -2.44. The van der Waals surface area contributed by atoms with Crippen LogP contribution in [-0.4, -0.2) is 36.5 Å². The van der Waals surface area contributed by atoms with Crippen LogP contribution < -0.4 is 5.32 Å². The zero-order chi connectivity index (χ0) is 16.1. The molecule has 3 rings (SSSR count). The summed E-state index contributed by atoms with van der Waals surface area (Å²) in [5.41, 5.74) is 1.47. The maximum Gasteiger partial charge on any atom is 0.217 e. The number of benzene rings is 1. The third-order valence-electron chi connectivity index (χ3n) is 5.51. The molecule has 0 aromatic heterocycles. The fourth-order valence-electron chi connectivity index (χ4n) is 4.47. The number of hydrogen-bond acceptors (Lipinski definition) is 2. The third-order valence-corrected chi connectivity index (χ3v) is 5.51. The highest BCUT2D eigenvalue weighted by atomic mass is 16.1. The Balaban J connectivity index is 1.51. The predicted octanol–water partition coefficient (Wildman–Crippen LogP) is 3.25. The van der Waals surface area contributed by atoms with Gasteiger partial charge in [0.1, 0.15) is 0 Å². The lowest BCUT2D eigenvalue weighted by molar-refractivity contribution is -0.119. The molecule has 2 fully saturated rings. The van der Waals surface area contributed by atoms with Crippen LogP contribution in [0.15, 0.2) is 30.3 Å². The maximum absolute atomic E-state index is 11.4. The zero-order valence-corrected chi connectivity index (χ0v) is 14.3. The molecule has 1 aliphatic carbocycles. The van der Waals surface area contributed by atoms with Gasteiger partial charge in [0.25, 0.3) is 0 Å². The van der Waals surface area contributed by atoms with Gasteiger partial charge in [-0.05, 0) is 56.0 Å². The molecule has 3 atom stereocenters. The fourth-order valence-corrected chi connectivity index (χ4v) is 4.47. The van der Waals surface area contributed by atoms with Gasteiger partial charge >= 0.3 is 0 Å². The van der Waals surface area contributed by atoms with E-state index in [0.717, 1.165) is 18.9 Å². The molecule has 3 heteroatoms. The van der Waals surface area contributed by atoms with Crippen molar-refractivity contribution in [2.45, 2.75) is 51.5 Å². The van der Waals surface area contributed by atoms with Crippen LogP contribution in [0.1, 0.15) is 44.6 Å². The topological polar surface area (TPSA) is 32.3 Å². The molecular formula is C20H30N2O. The van der Waals surface area contributed by atoms with Gasteiger partial charge in [-0.15, -0.1) is 0 Å². The molecule has 126 valence electrons. The van der Waals surface area contributed by atoms with E-state index in [-0.39, 0.29) is 5.91 Å². The Morgan fingerprint density at radius 3 is 2.78 bits per heavy atom. The summed E-state index contributed by atoms with van der Waals surface area (Å²) in [6.45, 7) is 5.26. The van der Waals surface area contributed by atoms with Crippen molar-refractivity contribution in [1.82, 2.24) is 10.2 Å². The molecule has 23 heavy (non-hydrogen) atoms. The number of carbonyl (C=O) groups excluding carboxylic acids is 1. The summed E-state index contributed by atoms with van der Waals surface area (Å²) in [6, 6.07) is 11.3. The number of piperidine rings is 1. The van der Waals surface area contributed by atoms with Crippen molar-refractivity contribution in [2.24, 2.45) is 11.8 Å². The van der Waals surface area contributed by atoms with Gasteiger partial charge in [0.15, 0.2) is 0 Å². The largest absolute Gasteiger partial charge is 0.353 e. The van der Waals surface area contributed by atoms with Crippen molar-refractivity contribution in [3.05, 3.63) is 35.9 Å². The van der Waals surface area contributed by atoms with Crippen molar-refractivity contribution in [2.75, 3.05) is 19.6 Å². The summed E-state index contributed by atoms with van der Waals surface area (Å²) in [7, 11) is 0. The number of hydrogen-bond donors (Lipinski definition) is 1. The van der Waals surface area contributed by atoms with E-state index < -0.39 is 0 Å². The van der Waals surface area contributed by atoms with E-state index in [9.17, 15) is 4.79 Å². The van der Waals surface area contributed by atoms with Crippen molar-refractivity contribution >= 4 is 5.91 Å². The Kier molecular flexibility index (Phi) is 5.71. The molecule has 1 aromatic rings. The molecule has 0 bridgehead atoms.